The van der Waals surface area contributed by atoms with Crippen molar-refractivity contribution < 1.29 is 0 Å². The molecule has 2 aromatic rings. The minimum absolute atomic E-state index is 0.921. The summed E-state index contributed by atoms with van der Waals surface area (Å²) in [7, 11) is 0. The number of rotatable bonds is 5. The van der Waals surface area contributed by atoms with Gasteiger partial charge in [0.05, 0.1) is 0 Å². The predicted octanol–water partition coefficient (Wildman–Crippen LogP) is 4.78. The van der Waals surface area contributed by atoms with E-state index >= 15 is 0 Å². The van der Waals surface area contributed by atoms with Gasteiger partial charge in [-0.25, -0.2) is 0 Å². The van der Waals surface area contributed by atoms with E-state index < -0.39 is 0 Å². The van der Waals surface area contributed by atoms with Crippen molar-refractivity contribution in [3.63, 3.8) is 0 Å². The Morgan fingerprint density at radius 3 is 2.76 bits per heavy atom. The van der Waals surface area contributed by atoms with Gasteiger partial charge in [0.1, 0.15) is 0 Å². The van der Waals surface area contributed by atoms with Crippen LogP contribution in [0.15, 0.2) is 40.6 Å². The van der Waals surface area contributed by atoms with E-state index in [1.54, 1.807) is 0 Å². The van der Waals surface area contributed by atoms with Crippen LogP contribution in [0.3, 0.4) is 0 Å². The smallest absolute Gasteiger partial charge is 0.0497 e. The first-order chi connectivity index (χ1) is 8.31. The standard InChI is InChI=1S/C14H17NS2/c1-3-16-13-7-5-4-6-12(13)15-10-14-11(2)8-9-17-14/h4-9,15H,3,10H2,1-2H3. The number of thiophene rings is 1. The Kier molecular flexibility index (Phi) is 4.51. The Morgan fingerprint density at radius 2 is 2.06 bits per heavy atom. The summed E-state index contributed by atoms with van der Waals surface area (Å²) in [6.45, 7) is 5.27. The number of thioether (sulfide) groups is 1. The lowest BCUT2D eigenvalue weighted by Crippen LogP contribution is -1.99. The zero-order chi connectivity index (χ0) is 12.1. The number of benzene rings is 1. The van der Waals surface area contributed by atoms with Gasteiger partial charge >= 0.3 is 0 Å². The highest BCUT2D eigenvalue weighted by Crippen LogP contribution is 2.27. The molecule has 0 fully saturated rings. The summed E-state index contributed by atoms with van der Waals surface area (Å²) in [6.07, 6.45) is 0. The third-order valence-corrected chi connectivity index (χ3v) is 4.57. The molecule has 0 aliphatic carbocycles. The number of para-hydroxylation sites is 1. The second-order valence-electron chi connectivity index (χ2n) is 3.81. The maximum Gasteiger partial charge on any atom is 0.0497 e. The van der Waals surface area contributed by atoms with E-state index in [-0.39, 0.29) is 0 Å². The fourth-order valence-corrected chi connectivity index (χ4v) is 3.28. The first-order valence-electron chi connectivity index (χ1n) is 5.80. The number of hydrogen-bond donors (Lipinski definition) is 1. The third kappa shape index (κ3) is 3.27. The predicted molar refractivity (Wildman–Crippen MR) is 79.2 cm³/mol. The van der Waals surface area contributed by atoms with Crippen molar-refractivity contribution in [3.8, 4) is 0 Å². The van der Waals surface area contributed by atoms with Gasteiger partial charge in [0, 0.05) is 22.0 Å². The summed E-state index contributed by atoms with van der Waals surface area (Å²) in [5, 5.41) is 5.68. The lowest BCUT2D eigenvalue weighted by Gasteiger charge is -2.10. The molecule has 0 saturated heterocycles. The third-order valence-electron chi connectivity index (χ3n) is 2.59. The summed E-state index contributed by atoms with van der Waals surface area (Å²) < 4.78 is 0. The number of nitrogens with one attached hydrogen (secondary N) is 1. The molecule has 0 unspecified atom stereocenters. The van der Waals surface area contributed by atoms with Gasteiger partial charge in [-0.2, -0.15) is 0 Å². The molecule has 1 heterocycles. The topological polar surface area (TPSA) is 12.0 Å². The molecule has 0 aliphatic heterocycles. The molecule has 3 heteroatoms. The van der Waals surface area contributed by atoms with Crippen LogP contribution in [0.2, 0.25) is 0 Å². The summed E-state index contributed by atoms with van der Waals surface area (Å²) in [5.41, 5.74) is 2.62. The van der Waals surface area contributed by atoms with Gasteiger partial charge in [-0.05, 0) is 41.8 Å². The molecule has 1 aromatic carbocycles. The van der Waals surface area contributed by atoms with Gasteiger partial charge in [0.15, 0.2) is 0 Å². The van der Waals surface area contributed by atoms with Gasteiger partial charge < -0.3 is 5.32 Å². The number of hydrogen-bond acceptors (Lipinski definition) is 3. The SMILES string of the molecule is CCSc1ccccc1NCc1sccc1C. The molecule has 0 saturated carbocycles. The molecular formula is C14H17NS2. The second-order valence-corrected chi connectivity index (χ2v) is 6.12. The van der Waals surface area contributed by atoms with Crippen LogP contribution in [-0.4, -0.2) is 5.75 Å². The first kappa shape index (κ1) is 12.5. The van der Waals surface area contributed by atoms with Crippen LogP contribution in [0, 0.1) is 6.92 Å². The maximum absolute atomic E-state index is 3.53. The summed E-state index contributed by atoms with van der Waals surface area (Å²) >= 11 is 3.70. The van der Waals surface area contributed by atoms with E-state index in [1.807, 2.05) is 23.1 Å². The molecule has 1 nitrogen and oxygen atoms in total. The molecule has 0 amide bonds. The highest BCUT2D eigenvalue weighted by atomic mass is 32.2. The fourth-order valence-electron chi connectivity index (χ4n) is 1.65. The normalized spacial score (nSPS) is 10.5. The van der Waals surface area contributed by atoms with Gasteiger partial charge in [0.2, 0.25) is 0 Å². The minimum atomic E-state index is 0.921. The highest BCUT2D eigenvalue weighted by Gasteiger charge is 2.03. The van der Waals surface area contributed by atoms with Crippen LogP contribution in [0.25, 0.3) is 0 Å². The average molecular weight is 263 g/mol. The zero-order valence-corrected chi connectivity index (χ0v) is 11.8. The molecule has 1 aromatic heterocycles. The Hall–Kier alpha value is -0.930. The molecule has 2 rings (SSSR count). The van der Waals surface area contributed by atoms with Crippen molar-refractivity contribution in [1.29, 1.82) is 0 Å². The zero-order valence-electron chi connectivity index (χ0n) is 10.2. The van der Waals surface area contributed by atoms with Crippen LogP contribution in [-0.2, 0) is 6.54 Å². The summed E-state index contributed by atoms with van der Waals surface area (Å²) in [6, 6.07) is 10.7. The molecule has 90 valence electrons. The first-order valence-corrected chi connectivity index (χ1v) is 7.66. The van der Waals surface area contributed by atoms with Gasteiger partial charge in [-0.3, -0.25) is 0 Å². The van der Waals surface area contributed by atoms with Gasteiger partial charge in [-0.15, -0.1) is 23.1 Å². The van der Waals surface area contributed by atoms with E-state index in [4.69, 9.17) is 0 Å². The van der Waals surface area contributed by atoms with Crippen molar-refractivity contribution in [2.24, 2.45) is 0 Å². The van der Waals surface area contributed by atoms with Crippen molar-refractivity contribution in [2.45, 2.75) is 25.3 Å². The van der Waals surface area contributed by atoms with Crippen LogP contribution in [0.5, 0.6) is 0 Å². The molecule has 17 heavy (non-hydrogen) atoms. The van der Waals surface area contributed by atoms with E-state index in [9.17, 15) is 0 Å². The Morgan fingerprint density at radius 1 is 1.24 bits per heavy atom. The Bertz CT molecular complexity index is 477. The quantitative estimate of drug-likeness (QED) is 0.779. The van der Waals surface area contributed by atoms with E-state index in [2.05, 4.69) is 54.9 Å². The Labute approximate surface area is 111 Å². The molecule has 0 atom stereocenters. The van der Waals surface area contributed by atoms with Crippen molar-refractivity contribution in [3.05, 3.63) is 46.2 Å². The molecule has 0 radical (unpaired) electrons. The van der Waals surface area contributed by atoms with Gasteiger partial charge in [-0.1, -0.05) is 19.1 Å². The van der Waals surface area contributed by atoms with Crippen LogP contribution in [0.4, 0.5) is 5.69 Å². The number of anilines is 1. The van der Waals surface area contributed by atoms with E-state index in [1.165, 1.54) is 21.0 Å². The largest absolute Gasteiger partial charge is 0.379 e. The molecule has 0 bridgehead atoms. The Balaban J connectivity index is 2.06. The molecule has 1 N–H and O–H groups in total. The molecule has 0 aliphatic rings. The lowest BCUT2D eigenvalue weighted by molar-refractivity contribution is 1.15. The second kappa shape index (κ2) is 6.12. The van der Waals surface area contributed by atoms with E-state index in [0.717, 1.165) is 12.3 Å². The highest BCUT2D eigenvalue weighted by molar-refractivity contribution is 7.99. The molecular weight excluding hydrogens is 246 g/mol. The fraction of sp³-hybridized carbons (Fsp3) is 0.286. The van der Waals surface area contributed by atoms with Crippen molar-refractivity contribution in [1.82, 2.24) is 0 Å². The van der Waals surface area contributed by atoms with Gasteiger partial charge in [0.25, 0.3) is 0 Å². The summed E-state index contributed by atoms with van der Waals surface area (Å²) in [4.78, 5) is 2.76. The minimum Gasteiger partial charge on any atom is -0.379 e. The maximum atomic E-state index is 3.53. The van der Waals surface area contributed by atoms with Crippen molar-refractivity contribution in [2.75, 3.05) is 11.1 Å². The monoisotopic (exact) mass is 263 g/mol. The van der Waals surface area contributed by atoms with Crippen molar-refractivity contribution >= 4 is 28.8 Å². The van der Waals surface area contributed by atoms with Crippen LogP contribution < -0.4 is 5.32 Å². The lowest BCUT2D eigenvalue weighted by atomic mass is 10.2. The van der Waals surface area contributed by atoms with Crippen LogP contribution >= 0.6 is 23.1 Å². The molecule has 0 spiro atoms. The van der Waals surface area contributed by atoms with Crippen LogP contribution in [0.1, 0.15) is 17.4 Å². The summed E-state index contributed by atoms with van der Waals surface area (Å²) in [5.74, 6) is 1.11. The van der Waals surface area contributed by atoms with E-state index in [0.29, 0.717) is 0 Å². The number of aryl methyl sites for hydroxylation is 1. The average Bonchev–Trinajstić information content (AvgIpc) is 2.74.